The Morgan fingerprint density at radius 3 is 2.08 bits per heavy atom. The first-order valence-corrected chi connectivity index (χ1v) is 9.59. The molecule has 0 aliphatic rings. The summed E-state index contributed by atoms with van der Waals surface area (Å²) < 4.78 is 1.07. The molecule has 0 unspecified atom stereocenters. The van der Waals surface area contributed by atoms with Crippen molar-refractivity contribution in [3.05, 3.63) is 88.7 Å². The van der Waals surface area contributed by atoms with E-state index in [0.29, 0.717) is 0 Å². The summed E-state index contributed by atoms with van der Waals surface area (Å²) >= 11 is 5.06. The molecule has 25 heavy (non-hydrogen) atoms. The van der Waals surface area contributed by atoms with Crippen molar-refractivity contribution in [2.24, 2.45) is 0 Å². The van der Waals surface area contributed by atoms with E-state index in [-0.39, 0.29) is 0 Å². The second kappa shape index (κ2) is 7.21. The smallest absolute Gasteiger partial charge is 0.187 e. The Kier molecular flexibility index (Phi) is 4.63. The molecule has 0 fully saturated rings. The van der Waals surface area contributed by atoms with Crippen LogP contribution in [-0.2, 0) is 0 Å². The molecule has 4 rings (SSSR count). The van der Waals surface area contributed by atoms with Crippen molar-refractivity contribution in [1.29, 1.82) is 0 Å². The molecule has 1 aromatic heterocycles. The lowest BCUT2D eigenvalue weighted by Crippen LogP contribution is -1.89. The lowest BCUT2D eigenvalue weighted by molar-refractivity contribution is 1.38. The molecular weight excluding hydrogens is 392 g/mol. The minimum Gasteiger partial charge on any atom is -0.332 e. The molecule has 4 aromatic rings. The number of thiazole rings is 1. The molecule has 3 aromatic carbocycles. The zero-order valence-corrected chi connectivity index (χ0v) is 15.7. The molecule has 0 spiro atoms. The highest BCUT2D eigenvalue weighted by Gasteiger charge is 2.06. The van der Waals surface area contributed by atoms with Gasteiger partial charge < -0.3 is 5.32 Å². The Labute approximate surface area is 159 Å². The first-order valence-electron chi connectivity index (χ1n) is 7.92. The predicted octanol–water partition coefficient (Wildman–Crippen LogP) is 6.98. The van der Waals surface area contributed by atoms with E-state index in [4.69, 9.17) is 4.98 Å². The normalized spacial score (nSPS) is 10.6. The van der Waals surface area contributed by atoms with Crippen molar-refractivity contribution in [1.82, 2.24) is 4.98 Å². The summed E-state index contributed by atoms with van der Waals surface area (Å²) in [5.74, 6) is 0. The molecular formula is C21H15BrN2S. The van der Waals surface area contributed by atoms with Crippen molar-refractivity contribution < 1.29 is 0 Å². The SMILES string of the molecule is Brc1ccc(Nc2nc(-c3ccc(-c4ccccc4)cc3)cs2)cc1. The standard InChI is InChI=1S/C21H15BrN2S/c22-18-10-12-19(13-11-18)23-21-24-20(14-25-21)17-8-6-16(7-9-17)15-4-2-1-3-5-15/h1-14H,(H,23,24). The molecule has 2 nitrogen and oxygen atoms in total. The van der Waals surface area contributed by atoms with E-state index in [2.05, 4.69) is 75.2 Å². The fraction of sp³-hybridized carbons (Fsp3) is 0. The van der Waals surface area contributed by atoms with Gasteiger partial charge >= 0.3 is 0 Å². The van der Waals surface area contributed by atoms with Gasteiger partial charge in [0.2, 0.25) is 0 Å². The number of hydrogen-bond acceptors (Lipinski definition) is 3. The summed E-state index contributed by atoms with van der Waals surface area (Å²) in [4.78, 5) is 4.70. The molecule has 0 bridgehead atoms. The van der Waals surface area contributed by atoms with Gasteiger partial charge in [0.15, 0.2) is 5.13 Å². The van der Waals surface area contributed by atoms with Gasteiger partial charge in [-0.05, 0) is 35.4 Å². The topological polar surface area (TPSA) is 24.9 Å². The molecule has 0 amide bonds. The van der Waals surface area contributed by atoms with E-state index < -0.39 is 0 Å². The van der Waals surface area contributed by atoms with Crippen LogP contribution in [0.2, 0.25) is 0 Å². The van der Waals surface area contributed by atoms with Crippen molar-refractivity contribution in [3.8, 4) is 22.4 Å². The van der Waals surface area contributed by atoms with Crippen molar-refractivity contribution >= 4 is 38.1 Å². The van der Waals surface area contributed by atoms with E-state index in [0.717, 1.165) is 26.5 Å². The Hall–Kier alpha value is -2.43. The third-order valence-corrected chi connectivity index (χ3v) is 5.17. The number of aromatic nitrogens is 1. The maximum absolute atomic E-state index is 4.70. The minimum absolute atomic E-state index is 0.893. The highest BCUT2D eigenvalue weighted by atomic mass is 79.9. The molecule has 1 heterocycles. The second-order valence-corrected chi connectivity index (χ2v) is 7.39. The number of rotatable bonds is 4. The van der Waals surface area contributed by atoms with Gasteiger partial charge in [-0.15, -0.1) is 11.3 Å². The average Bonchev–Trinajstić information content (AvgIpc) is 3.13. The fourth-order valence-electron chi connectivity index (χ4n) is 2.58. The van der Waals surface area contributed by atoms with Gasteiger partial charge in [-0.2, -0.15) is 0 Å². The third-order valence-electron chi connectivity index (χ3n) is 3.89. The molecule has 0 saturated heterocycles. The highest BCUT2D eigenvalue weighted by molar-refractivity contribution is 9.10. The van der Waals surface area contributed by atoms with Crippen molar-refractivity contribution in [2.45, 2.75) is 0 Å². The lowest BCUT2D eigenvalue weighted by atomic mass is 10.0. The Bertz CT molecular complexity index is 961. The Morgan fingerprint density at radius 2 is 1.36 bits per heavy atom. The summed E-state index contributed by atoms with van der Waals surface area (Å²) in [6.45, 7) is 0. The first kappa shape index (κ1) is 16.1. The van der Waals surface area contributed by atoms with Crippen LogP contribution in [0.4, 0.5) is 10.8 Å². The van der Waals surface area contributed by atoms with Crippen LogP contribution in [0, 0.1) is 0 Å². The molecule has 1 N–H and O–H groups in total. The van der Waals surface area contributed by atoms with Gasteiger partial charge in [0.05, 0.1) is 5.69 Å². The highest BCUT2D eigenvalue weighted by Crippen LogP contribution is 2.29. The van der Waals surface area contributed by atoms with Crippen molar-refractivity contribution in [3.63, 3.8) is 0 Å². The number of halogens is 1. The van der Waals surface area contributed by atoms with Gasteiger partial charge in [0.1, 0.15) is 0 Å². The van der Waals surface area contributed by atoms with Crippen LogP contribution in [0.3, 0.4) is 0 Å². The van der Waals surface area contributed by atoms with Crippen LogP contribution < -0.4 is 5.32 Å². The monoisotopic (exact) mass is 406 g/mol. The molecule has 4 heteroatoms. The molecule has 0 atom stereocenters. The van der Waals surface area contributed by atoms with Gasteiger partial charge in [-0.25, -0.2) is 4.98 Å². The average molecular weight is 407 g/mol. The molecule has 122 valence electrons. The van der Waals surface area contributed by atoms with E-state index in [1.165, 1.54) is 11.1 Å². The van der Waals surface area contributed by atoms with Crippen LogP contribution >= 0.6 is 27.3 Å². The minimum atomic E-state index is 0.893. The van der Waals surface area contributed by atoms with Crippen LogP contribution in [0.1, 0.15) is 0 Å². The fourth-order valence-corrected chi connectivity index (χ4v) is 3.59. The molecule has 0 radical (unpaired) electrons. The Morgan fingerprint density at radius 1 is 0.720 bits per heavy atom. The maximum Gasteiger partial charge on any atom is 0.187 e. The molecule has 0 saturated carbocycles. The summed E-state index contributed by atoms with van der Waals surface area (Å²) in [5, 5.41) is 6.32. The van der Waals surface area contributed by atoms with Gasteiger partial charge in [0, 0.05) is 21.1 Å². The molecule has 0 aliphatic heterocycles. The number of hydrogen-bond donors (Lipinski definition) is 1. The largest absolute Gasteiger partial charge is 0.332 e. The van der Waals surface area contributed by atoms with E-state index >= 15 is 0 Å². The summed E-state index contributed by atoms with van der Waals surface area (Å²) in [6, 6.07) is 27.0. The first-order chi connectivity index (χ1) is 12.3. The molecule has 0 aliphatic carbocycles. The van der Waals surface area contributed by atoms with Gasteiger partial charge in [-0.1, -0.05) is 70.5 Å². The number of nitrogens with one attached hydrogen (secondary N) is 1. The quantitative estimate of drug-likeness (QED) is 0.395. The van der Waals surface area contributed by atoms with Crippen LogP contribution in [-0.4, -0.2) is 4.98 Å². The van der Waals surface area contributed by atoms with Gasteiger partial charge in [-0.3, -0.25) is 0 Å². The van der Waals surface area contributed by atoms with E-state index in [9.17, 15) is 0 Å². The third kappa shape index (κ3) is 3.81. The van der Waals surface area contributed by atoms with Gasteiger partial charge in [0.25, 0.3) is 0 Å². The van der Waals surface area contributed by atoms with Crippen LogP contribution in [0.25, 0.3) is 22.4 Å². The predicted molar refractivity (Wildman–Crippen MR) is 110 cm³/mol. The number of nitrogens with zero attached hydrogens (tertiary/aromatic N) is 1. The summed E-state index contributed by atoms with van der Waals surface area (Å²) in [6.07, 6.45) is 0. The van der Waals surface area contributed by atoms with E-state index in [1.807, 2.05) is 30.3 Å². The van der Waals surface area contributed by atoms with Crippen LogP contribution in [0.5, 0.6) is 0 Å². The zero-order valence-electron chi connectivity index (χ0n) is 13.3. The van der Waals surface area contributed by atoms with Crippen molar-refractivity contribution in [2.75, 3.05) is 5.32 Å². The summed E-state index contributed by atoms with van der Waals surface area (Å²) in [7, 11) is 0. The second-order valence-electron chi connectivity index (χ2n) is 5.61. The van der Waals surface area contributed by atoms with Crippen LogP contribution in [0.15, 0.2) is 88.7 Å². The zero-order chi connectivity index (χ0) is 17.1. The lowest BCUT2D eigenvalue weighted by Gasteiger charge is -2.03. The number of anilines is 2. The summed E-state index contributed by atoms with van der Waals surface area (Å²) in [5.41, 5.74) is 5.59. The van der Waals surface area contributed by atoms with E-state index in [1.54, 1.807) is 11.3 Å². The Balaban J connectivity index is 1.52. The number of benzene rings is 3. The maximum atomic E-state index is 4.70.